The highest BCUT2D eigenvalue weighted by Crippen LogP contribution is 2.46. The van der Waals surface area contributed by atoms with E-state index in [1.165, 1.54) is 13.2 Å². The van der Waals surface area contributed by atoms with Gasteiger partial charge in [-0.05, 0) is 49.8 Å². The molecule has 4 aromatic rings. The van der Waals surface area contributed by atoms with Gasteiger partial charge in [-0.25, -0.2) is 9.37 Å². The predicted octanol–water partition coefficient (Wildman–Crippen LogP) is 5.33. The molecule has 0 spiro atoms. The molecule has 0 radical (unpaired) electrons. The third-order valence-electron chi connectivity index (χ3n) is 7.40. The zero-order valence-corrected chi connectivity index (χ0v) is 21.0. The van der Waals surface area contributed by atoms with Crippen molar-refractivity contribution in [3.8, 4) is 11.4 Å². The van der Waals surface area contributed by atoms with E-state index in [4.69, 9.17) is 14.5 Å². The summed E-state index contributed by atoms with van der Waals surface area (Å²) in [6.07, 6.45) is 4.48. The van der Waals surface area contributed by atoms with Gasteiger partial charge in [0, 0.05) is 40.9 Å². The molecule has 0 unspecified atom stereocenters. The maximum absolute atomic E-state index is 14.4. The van der Waals surface area contributed by atoms with Gasteiger partial charge in [0.1, 0.15) is 0 Å². The Labute approximate surface area is 208 Å². The number of carboxylic acid groups (broad SMARTS) is 1. The summed E-state index contributed by atoms with van der Waals surface area (Å²) in [5.41, 5.74) is 4.86. The minimum Gasteiger partial charge on any atom is -0.494 e. The van der Waals surface area contributed by atoms with Gasteiger partial charge in [-0.15, -0.1) is 0 Å². The number of benzene rings is 1. The van der Waals surface area contributed by atoms with Gasteiger partial charge in [0.2, 0.25) is 0 Å². The lowest BCUT2D eigenvalue weighted by atomic mass is 9.75. The number of aromatic nitrogens is 4. The number of hydrogen-bond donors (Lipinski definition) is 2. The molecule has 0 bridgehead atoms. The van der Waals surface area contributed by atoms with Crippen LogP contribution in [0.4, 0.5) is 4.39 Å². The van der Waals surface area contributed by atoms with Crippen molar-refractivity contribution >= 4 is 28.0 Å². The molecule has 1 aliphatic carbocycles. The lowest BCUT2D eigenvalue weighted by molar-refractivity contribution is -0.142. The first-order valence-electron chi connectivity index (χ1n) is 12.2. The molecule has 0 amide bonds. The number of ether oxygens (including phenoxy) is 2. The van der Waals surface area contributed by atoms with Crippen LogP contribution in [0.5, 0.6) is 5.75 Å². The number of halogens is 1. The van der Waals surface area contributed by atoms with Crippen molar-refractivity contribution in [1.82, 2.24) is 19.7 Å². The van der Waals surface area contributed by atoms with Crippen LogP contribution in [-0.2, 0) is 14.9 Å². The second-order valence-corrected chi connectivity index (χ2v) is 10.3. The smallest absolute Gasteiger partial charge is 0.306 e. The number of hydrogen-bond acceptors (Lipinski definition) is 5. The largest absolute Gasteiger partial charge is 0.494 e. The number of carboxylic acids is 1. The van der Waals surface area contributed by atoms with Crippen molar-refractivity contribution in [2.24, 2.45) is 5.92 Å². The minimum atomic E-state index is -0.730. The summed E-state index contributed by atoms with van der Waals surface area (Å²) in [5, 5.41) is 17.6. The lowest BCUT2D eigenvalue weighted by Gasteiger charge is -2.32. The van der Waals surface area contributed by atoms with Gasteiger partial charge >= 0.3 is 5.97 Å². The van der Waals surface area contributed by atoms with Crippen LogP contribution in [0.3, 0.4) is 0 Å². The van der Waals surface area contributed by atoms with E-state index in [0.29, 0.717) is 25.1 Å². The van der Waals surface area contributed by atoms with E-state index < -0.39 is 17.2 Å². The topological polar surface area (TPSA) is 102 Å². The monoisotopic (exact) mass is 494 g/mol. The second-order valence-electron chi connectivity index (χ2n) is 10.3. The third kappa shape index (κ3) is 4.01. The van der Waals surface area contributed by atoms with Crippen LogP contribution in [0, 0.1) is 11.7 Å². The van der Waals surface area contributed by atoms with Crippen molar-refractivity contribution in [3.05, 3.63) is 47.5 Å². The number of H-pyrrole nitrogens is 1. The first-order valence-corrected chi connectivity index (χ1v) is 12.2. The molecule has 2 N–H and O–H groups in total. The lowest BCUT2D eigenvalue weighted by Crippen LogP contribution is -2.29. The van der Waals surface area contributed by atoms with E-state index in [1.54, 1.807) is 25.4 Å². The molecule has 0 aliphatic heterocycles. The van der Waals surface area contributed by atoms with E-state index in [9.17, 15) is 14.3 Å². The van der Waals surface area contributed by atoms with Gasteiger partial charge in [0.25, 0.3) is 0 Å². The number of carbonyl (C=O) groups is 1. The fraction of sp³-hybridized carbons (Fsp3) is 0.444. The third-order valence-corrected chi connectivity index (χ3v) is 7.40. The molecular formula is C27H31FN4O4. The standard InChI is InChI=1S/C27H31FN4O4/c1-27(2,14-35-3)24-22(15-5-7-16(8-6-15)26(33)34)23-20(11-17-13-29-31-25(17)30-23)32(24)18-9-10-19(28)21(12-18)36-4/h9-13,15-16H,5-8,14H2,1-4H3,(H,33,34)(H,29,30,31). The predicted molar refractivity (Wildman–Crippen MR) is 134 cm³/mol. The highest BCUT2D eigenvalue weighted by molar-refractivity contribution is 5.94. The van der Waals surface area contributed by atoms with Crippen LogP contribution in [0.25, 0.3) is 27.8 Å². The van der Waals surface area contributed by atoms with Gasteiger partial charge in [0.15, 0.2) is 17.2 Å². The molecule has 36 heavy (non-hydrogen) atoms. The van der Waals surface area contributed by atoms with Crippen LogP contribution in [0.1, 0.15) is 56.7 Å². The van der Waals surface area contributed by atoms with Crippen LogP contribution in [0.15, 0.2) is 30.5 Å². The first kappa shape index (κ1) is 24.2. The van der Waals surface area contributed by atoms with E-state index in [2.05, 4.69) is 34.7 Å². The fourth-order valence-corrected chi connectivity index (χ4v) is 5.76. The minimum absolute atomic E-state index is 0.130. The molecule has 1 aliphatic rings. The molecule has 1 fully saturated rings. The number of aromatic amines is 1. The fourth-order valence-electron chi connectivity index (χ4n) is 5.76. The van der Waals surface area contributed by atoms with Gasteiger partial charge in [-0.1, -0.05) is 13.8 Å². The van der Waals surface area contributed by atoms with E-state index >= 15 is 0 Å². The summed E-state index contributed by atoms with van der Waals surface area (Å²) >= 11 is 0. The van der Waals surface area contributed by atoms with E-state index in [-0.39, 0.29) is 17.6 Å². The van der Waals surface area contributed by atoms with Crippen LogP contribution in [-0.4, -0.2) is 51.7 Å². The molecule has 3 aromatic heterocycles. The molecule has 3 heterocycles. The molecule has 0 atom stereocenters. The number of pyridine rings is 1. The zero-order valence-electron chi connectivity index (χ0n) is 21.0. The zero-order chi connectivity index (χ0) is 25.6. The Morgan fingerprint density at radius 2 is 1.97 bits per heavy atom. The van der Waals surface area contributed by atoms with Crippen LogP contribution < -0.4 is 4.74 Å². The van der Waals surface area contributed by atoms with Crippen molar-refractivity contribution in [2.45, 2.75) is 50.9 Å². The molecular weight excluding hydrogens is 463 g/mol. The number of nitrogens with zero attached hydrogens (tertiary/aromatic N) is 3. The second kappa shape index (κ2) is 9.20. The molecule has 1 aromatic carbocycles. The Bertz CT molecular complexity index is 1430. The van der Waals surface area contributed by atoms with Gasteiger partial charge in [0.05, 0.1) is 36.9 Å². The summed E-state index contributed by atoms with van der Waals surface area (Å²) in [6, 6.07) is 6.91. The molecule has 1 saturated carbocycles. The maximum atomic E-state index is 14.4. The number of aliphatic carboxylic acids is 1. The highest BCUT2D eigenvalue weighted by atomic mass is 19.1. The average Bonchev–Trinajstić information content (AvgIpc) is 3.45. The quantitative estimate of drug-likeness (QED) is 0.360. The highest BCUT2D eigenvalue weighted by Gasteiger charge is 2.37. The first-order chi connectivity index (χ1) is 17.2. The van der Waals surface area contributed by atoms with Crippen molar-refractivity contribution in [3.63, 3.8) is 0 Å². The normalized spacial score (nSPS) is 18.7. The summed E-state index contributed by atoms with van der Waals surface area (Å²) in [4.78, 5) is 16.6. The number of nitrogens with one attached hydrogen (secondary N) is 1. The number of fused-ring (bicyclic) bond motifs is 2. The molecule has 8 nitrogen and oxygen atoms in total. The van der Waals surface area contributed by atoms with Crippen molar-refractivity contribution in [1.29, 1.82) is 0 Å². The molecule has 5 rings (SSSR count). The van der Waals surface area contributed by atoms with Crippen LogP contribution >= 0.6 is 0 Å². The Balaban J connectivity index is 1.83. The van der Waals surface area contributed by atoms with Gasteiger partial charge < -0.3 is 19.1 Å². The Morgan fingerprint density at radius 1 is 1.22 bits per heavy atom. The number of rotatable bonds is 7. The Hall–Kier alpha value is -3.46. The number of methoxy groups -OCH3 is 2. The average molecular weight is 495 g/mol. The summed E-state index contributed by atoms with van der Waals surface area (Å²) < 4.78 is 27.5. The maximum Gasteiger partial charge on any atom is 0.306 e. The van der Waals surface area contributed by atoms with Gasteiger partial charge in [-0.3, -0.25) is 9.89 Å². The van der Waals surface area contributed by atoms with Crippen molar-refractivity contribution < 1.29 is 23.8 Å². The summed E-state index contributed by atoms with van der Waals surface area (Å²) in [6.45, 7) is 4.71. The van der Waals surface area contributed by atoms with E-state index in [0.717, 1.165) is 46.2 Å². The molecule has 9 heteroatoms. The molecule has 0 saturated heterocycles. The van der Waals surface area contributed by atoms with E-state index in [1.807, 2.05) is 0 Å². The summed E-state index contributed by atoms with van der Waals surface area (Å²) in [7, 11) is 3.13. The van der Waals surface area contributed by atoms with Crippen LogP contribution in [0.2, 0.25) is 0 Å². The Kier molecular flexibility index (Phi) is 6.20. The Morgan fingerprint density at radius 3 is 2.64 bits per heavy atom. The SMILES string of the molecule is COCC(C)(C)c1c(C2CCC(C(=O)O)CC2)c2nc3[nH]ncc3cc2n1-c1ccc(F)c(OC)c1. The van der Waals surface area contributed by atoms with Crippen molar-refractivity contribution in [2.75, 3.05) is 20.8 Å². The summed E-state index contributed by atoms with van der Waals surface area (Å²) in [5.74, 6) is -1.19. The molecule has 190 valence electrons. The van der Waals surface area contributed by atoms with Gasteiger partial charge in [-0.2, -0.15) is 5.10 Å².